The van der Waals surface area contributed by atoms with Crippen LogP contribution in [0.1, 0.15) is 19.4 Å². The third kappa shape index (κ3) is 6.98. The van der Waals surface area contributed by atoms with E-state index in [0.29, 0.717) is 27.9 Å². The van der Waals surface area contributed by atoms with E-state index in [1.54, 1.807) is 74.5 Å². The van der Waals surface area contributed by atoms with Gasteiger partial charge in [-0.15, -0.1) is 0 Å². The van der Waals surface area contributed by atoms with E-state index in [2.05, 4.69) is 5.32 Å². The van der Waals surface area contributed by atoms with Crippen LogP contribution in [0.25, 0.3) is 0 Å². The van der Waals surface area contributed by atoms with Crippen molar-refractivity contribution in [1.82, 2.24) is 10.2 Å². The van der Waals surface area contributed by atoms with Gasteiger partial charge in [0.15, 0.2) is 0 Å². The minimum atomic E-state index is -4.14. The van der Waals surface area contributed by atoms with Crippen molar-refractivity contribution in [2.24, 2.45) is 0 Å². The van der Waals surface area contributed by atoms with Crippen molar-refractivity contribution in [2.45, 2.75) is 31.3 Å². The molecule has 0 heterocycles. The average Bonchev–Trinajstić information content (AvgIpc) is 2.92. The Morgan fingerprint density at radius 2 is 1.63 bits per heavy atom. The van der Waals surface area contributed by atoms with Crippen LogP contribution in [0, 0.1) is 0 Å². The normalized spacial score (nSPS) is 11.9. The number of amides is 2. The topological polar surface area (TPSA) is 96.0 Å². The fourth-order valence-electron chi connectivity index (χ4n) is 3.74. The van der Waals surface area contributed by atoms with Crippen LogP contribution in [0.3, 0.4) is 0 Å². The summed E-state index contributed by atoms with van der Waals surface area (Å²) in [5.74, 6) is -0.420. The average molecular weight is 579 g/mol. The van der Waals surface area contributed by atoms with Gasteiger partial charge in [-0.2, -0.15) is 0 Å². The number of methoxy groups -OCH3 is 1. The lowest BCUT2D eigenvalue weighted by molar-refractivity contribution is -0.139. The van der Waals surface area contributed by atoms with Gasteiger partial charge in [-0.1, -0.05) is 47.5 Å². The van der Waals surface area contributed by atoms with Crippen LogP contribution in [0.5, 0.6) is 5.75 Å². The van der Waals surface area contributed by atoms with Gasteiger partial charge >= 0.3 is 0 Å². The van der Waals surface area contributed by atoms with Crippen molar-refractivity contribution < 1.29 is 22.7 Å². The molecule has 0 radical (unpaired) electrons. The maximum absolute atomic E-state index is 13.8. The van der Waals surface area contributed by atoms with Crippen LogP contribution in [0.4, 0.5) is 5.69 Å². The summed E-state index contributed by atoms with van der Waals surface area (Å²) in [5, 5.41) is 3.37. The molecule has 11 heteroatoms. The Labute approximate surface area is 233 Å². The number of sulfonamides is 1. The Hall–Kier alpha value is -3.27. The fraction of sp³-hybridized carbons (Fsp3) is 0.259. The summed E-state index contributed by atoms with van der Waals surface area (Å²) < 4.78 is 33.6. The van der Waals surface area contributed by atoms with Gasteiger partial charge < -0.3 is 15.0 Å². The number of nitrogens with one attached hydrogen (secondary N) is 1. The Balaban J connectivity index is 2.03. The standard InChI is InChI=1S/C27H29Cl2N3O5S/c1-4-30-27(34)19(2)31(17-20-10-15-24(28)25(29)16-20)26(33)18-32(21-11-13-22(37-3)14-12-21)38(35,36)23-8-6-5-7-9-23/h5-16,19H,4,17-18H2,1-3H3,(H,30,34). The van der Waals surface area contributed by atoms with Gasteiger partial charge in [-0.3, -0.25) is 13.9 Å². The molecule has 0 aliphatic carbocycles. The van der Waals surface area contributed by atoms with Gasteiger partial charge in [0.1, 0.15) is 18.3 Å². The number of ether oxygens (including phenoxy) is 1. The molecule has 2 amide bonds. The van der Waals surface area contributed by atoms with E-state index in [4.69, 9.17) is 27.9 Å². The number of hydrogen-bond donors (Lipinski definition) is 1. The predicted molar refractivity (Wildman–Crippen MR) is 149 cm³/mol. The minimum absolute atomic E-state index is 0.00978. The predicted octanol–water partition coefficient (Wildman–Crippen LogP) is 4.75. The number of carbonyl (C=O) groups excluding carboxylic acids is 2. The SMILES string of the molecule is CCNC(=O)C(C)N(Cc1ccc(Cl)c(Cl)c1)C(=O)CN(c1ccc(OC)cc1)S(=O)(=O)c1ccccc1. The highest BCUT2D eigenvalue weighted by molar-refractivity contribution is 7.92. The summed E-state index contributed by atoms with van der Waals surface area (Å²) in [4.78, 5) is 27.9. The highest BCUT2D eigenvalue weighted by Crippen LogP contribution is 2.27. The van der Waals surface area contributed by atoms with Crippen LogP contribution in [-0.2, 0) is 26.2 Å². The zero-order valence-corrected chi connectivity index (χ0v) is 23.6. The molecule has 0 saturated carbocycles. The van der Waals surface area contributed by atoms with Gasteiger partial charge in [-0.05, 0) is 67.9 Å². The van der Waals surface area contributed by atoms with Crippen LogP contribution >= 0.6 is 23.2 Å². The second-order valence-corrected chi connectivity index (χ2v) is 11.0. The zero-order valence-electron chi connectivity index (χ0n) is 21.2. The summed E-state index contributed by atoms with van der Waals surface area (Å²) in [6, 6.07) is 18.2. The van der Waals surface area contributed by atoms with Crippen molar-refractivity contribution in [2.75, 3.05) is 24.5 Å². The molecule has 8 nitrogen and oxygen atoms in total. The molecule has 3 aromatic carbocycles. The van der Waals surface area contributed by atoms with Crippen molar-refractivity contribution in [1.29, 1.82) is 0 Å². The zero-order chi connectivity index (χ0) is 27.9. The monoisotopic (exact) mass is 577 g/mol. The van der Waals surface area contributed by atoms with Crippen molar-refractivity contribution >= 4 is 50.7 Å². The Kier molecular flexibility index (Phi) is 10.0. The number of halogens is 2. The molecule has 38 heavy (non-hydrogen) atoms. The molecule has 0 aliphatic heterocycles. The third-order valence-corrected chi connectivity index (χ3v) is 8.35. The Bertz CT molecular complexity index is 1370. The molecule has 3 rings (SSSR count). The molecule has 3 aromatic rings. The first-order valence-electron chi connectivity index (χ1n) is 11.8. The van der Waals surface area contributed by atoms with Gasteiger partial charge in [0.25, 0.3) is 10.0 Å². The van der Waals surface area contributed by atoms with E-state index < -0.39 is 28.5 Å². The fourth-order valence-corrected chi connectivity index (χ4v) is 5.49. The van der Waals surface area contributed by atoms with Gasteiger partial charge in [0.2, 0.25) is 11.8 Å². The molecule has 0 bridgehead atoms. The molecular weight excluding hydrogens is 549 g/mol. The first kappa shape index (κ1) is 29.3. The Morgan fingerprint density at radius 3 is 2.21 bits per heavy atom. The van der Waals surface area contributed by atoms with Crippen LogP contribution < -0.4 is 14.4 Å². The highest BCUT2D eigenvalue weighted by atomic mass is 35.5. The van der Waals surface area contributed by atoms with E-state index in [-0.39, 0.29) is 23.0 Å². The van der Waals surface area contributed by atoms with Crippen LogP contribution in [0.2, 0.25) is 10.0 Å². The summed E-state index contributed by atoms with van der Waals surface area (Å²) in [5.41, 5.74) is 0.897. The quantitative estimate of drug-likeness (QED) is 0.354. The largest absolute Gasteiger partial charge is 0.497 e. The number of benzene rings is 3. The minimum Gasteiger partial charge on any atom is -0.497 e. The van der Waals surface area contributed by atoms with Crippen molar-refractivity contribution in [3.8, 4) is 5.75 Å². The number of carbonyl (C=O) groups is 2. The van der Waals surface area contributed by atoms with E-state index in [1.807, 2.05) is 0 Å². The number of rotatable bonds is 11. The second-order valence-electron chi connectivity index (χ2n) is 8.36. The second kappa shape index (κ2) is 13.0. The highest BCUT2D eigenvalue weighted by Gasteiger charge is 2.32. The molecular formula is C27H29Cl2N3O5S. The lowest BCUT2D eigenvalue weighted by Gasteiger charge is -2.32. The first-order chi connectivity index (χ1) is 18.1. The summed E-state index contributed by atoms with van der Waals surface area (Å²) in [6.07, 6.45) is 0. The molecule has 0 aliphatic rings. The van der Waals surface area contributed by atoms with Gasteiger partial charge in [0, 0.05) is 13.1 Å². The third-order valence-electron chi connectivity index (χ3n) is 5.83. The summed E-state index contributed by atoms with van der Waals surface area (Å²) >= 11 is 12.2. The van der Waals surface area contributed by atoms with E-state index in [9.17, 15) is 18.0 Å². The van der Waals surface area contributed by atoms with Gasteiger partial charge in [-0.25, -0.2) is 8.42 Å². The lowest BCUT2D eigenvalue weighted by atomic mass is 10.1. The molecule has 1 N–H and O–H groups in total. The van der Waals surface area contributed by atoms with E-state index >= 15 is 0 Å². The number of nitrogens with zero attached hydrogens (tertiary/aromatic N) is 2. The summed E-state index contributed by atoms with van der Waals surface area (Å²) in [6.45, 7) is 3.19. The molecule has 1 unspecified atom stereocenters. The van der Waals surface area contributed by atoms with E-state index in [0.717, 1.165) is 4.31 Å². The van der Waals surface area contributed by atoms with Crippen molar-refractivity contribution in [3.05, 3.63) is 88.4 Å². The lowest BCUT2D eigenvalue weighted by Crippen LogP contribution is -2.51. The molecule has 0 saturated heterocycles. The molecule has 0 aromatic heterocycles. The number of hydrogen-bond acceptors (Lipinski definition) is 5. The molecule has 0 spiro atoms. The smallest absolute Gasteiger partial charge is 0.264 e. The van der Waals surface area contributed by atoms with Gasteiger partial charge in [0.05, 0.1) is 27.7 Å². The Morgan fingerprint density at radius 1 is 0.974 bits per heavy atom. The van der Waals surface area contributed by atoms with Crippen LogP contribution in [0.15, 0.2) is 77.7 Å². The summed E-state index contributed by atoms with van der Waals surface area (Å²) in [7, 11) is -2.64. The van der Waals surface area contributed by atoms with Crippen LogP contribution in [-0.4, -0.2) is 51.4 Å². The molecule has 202 valence electrons. The van der Waals surface area contributed by atoms with E-state index in [1.165, 1.54) is 24.1 Å². The molecule has 1 atom stereocenters. The maximum Gasteiger partial charge on any atom is 0.264 e. The number of likely N-dealkylation sites (N-methyl/N-ethyl adjacent to an activating group) is 1. The first-order valence-corrected chi connectivity index (χ1v) is 14.0. The number of anilines is 1. The molecule has 0 fully saturated rings. The maximum atomic E-state index is 13.8. The van der Waals surface area contributed by atoms with Crippen molar-refractivity contribution in [3.63, 3.8) is 0 Å².